The molecule has 21 heavy (non-hydrogen) atoms. The van der Waals surface area contributed by atoms with Gasteiger partial charge in [-0.05, 0) is 30.2 Å². The Morgan fingerprint density at radius 1 is 1.05 bits per heavy atom. The lowest BCUT2D eigenvalue weighted by atomic mass is 9.98. The predicted molar refractivity (Wildman–Crippen MR) is 90.6 cm³/mol. The van der Waals surface area contributed by atoms with E-state index in [9.17, 15) is 4.79 Å². The van der Waals surface area contributed by atoms with Crippen LogP contribution in [0.2, 0.25) is 0 Å². The number of hydrogen-bond acceptors (Lipinski definition) is 2. The van der Waals surface area contributed by atoms with Crippen LogP contribution in [-0.2, 0) is 4.79 Å². The lowest BCUT2D eigenvalue weighted by molar-refractivity contribution is -0.125. The molecule has 4 heteroatoms. The third kappa shape index (κ3) is 3.96. The van der Waals surface area contributed by atoms with Crippen molar-refractivity contribution in [1.82, 2.24) is 5.32 Å². The lowest BCUT2D eigenvalue weighted by Gasteiger charge is -2.21. The van der Waals surface area contributed by atoms with Crippen LogP contribution in [0.4, 0.5) is 0 Å². The van der Waals surface area contributed by atoms with Gasteiger partial charge in [0.1, 0.15) is 0 Å². The van der Waals surface area contributed by atoms with Crippen LogP contribution in [0.25, 0.3) is 10.8 Å². The quantitative estimate of drug-likeness (QED) is 0.909. The average molecular weight is 307 g/mol. The Labute approximate surface area is 132 Å². The molecule has 0 spiro atoms. The van der Waals surface area contributed by atoms with E-state index in [-0.39, 0.29) is 36.3 Å². The fourth-order valence-electron chi connectivity index (χ4n) is 2.29. The summed E-state index contributed by atoms with van der Waals surface area (Å²) in [6.45, 7) is 5.72. The minimum Gasteiger partial charge on any atom is -0.349 e. The van der Waals surface area contributed by atoms with Crippen LogP contribution in [0.5, 0.6) is 0 Å². The highest BCUT2D eigenvalue weighted by Crippen LogP contribution is 2.24. The molecule has 3 atom stereocenters. The number of fused-ring (bicyclic) bond motifs is 1. The van der Waals surface area contributed by atoms with E-state index in [0.29, 0.717) is 0 Å². The van der Waals surface area contributed by atoms with E-state index in [0.717, 1.165) is 5.56 Å². The molecule has 0 radical (unpaired) electrons. The van der Waals surface area contributed by atoms with Gasteiger partial charge >= 0.3 is 0 Å². The summed E-state index contributed by atoms with van der Waals surface area (Å²) in [7, 11) is 0. The van der Waals surface area contributed by atoms with Crippen molar-refractivity contribution in [2.75, 3.05) is 0 Å². The Morgan fingerprint density at radius 3 is 2.33 bits per heavy atom. The Bertz CT molecular complexity index is 607. The van der Waals surface area contributed by atoms with E-state index >= 15 is 0 Å². The van der Waals surface area contributed by atoms with Crippen molar-refractivity contribution in [3.05, 3.63) is 48.0 Å². The van der Waals surface area contributed by atoms with Gasteiger partial charge in [0.25, 0.3) is 0 Å². The topological polar surface area (TPSA) is 55.1 Å². The molecule has 3 unspecified atom stereocenters. The Balaban J connectivity index is 0.00000220. The number of hydrogen-bond donors (Lipinski definition) is 2. The number of nitrogens with one attached hydrogen (secondary N) is 1. The standard InChI is InChI=1S/C17H22N2O.ClH/c1-11(12(2)18)17(20)19-13(3)15-10-6-8-14-7-4-5-9-16(14)15;/h4-13H,18H2,1-3H3,(H,19,20);1H. The monoisotopic (exact) mass is 306 g/mol. The first kappa shape index (κ1) is 17.5. The highest BCUT2D eigenvalue weighted by atomic mass is 35.5. The van der Waals surface area contributed by atoms with Gasteiger partial charge in [-0.3, -0.25) is 4.79 Å². The highest BCUT2D eigenvalue weighted by Gasteiger charge is 2.19. The fraction of sp³-hybridized carbons (Fsp3) is 0.353. The fourth-order valence-corrected chi connectivity index (χ4v) is 2.29. The second-order valence-corrected chi connectivity index (χ2v) is 5.45. The number of rotatable bonds is 4. The van der Waals surface area contributed by atoms with Gasteiger partial charge in [0.2, 0.25) is 5.91 Å². The number of carbonyl (C=O) groups is 1. The summed E-state index contributed by atoms with van der Waals surface area (Å²) in [6, 6.07) is 14.2. The van der Waals surface area contributed by atoms with Crippen LogP contribution < -0.4 is 11.1 Å². The van der Waals surface area contributed by atoms with Crippen LogP contribution in [0.15, 0.2) is 42.5 Å². The minimum atomic E-state index is -0.188. The lowest BCUT2D eigenvalue weighted by Crippen LogP contribution is -2.39. The summed E-state index contributed by atoms with van der Waals surface area (Å²) in [5.74, 6) is -0.187. The van der Waals surface area contributed by atoms with E-state index in [1.165, 1.54) is 10.8 Å². The summed E-state index contributed by atoms with van der Waals surface area (Å²) in [5.41, 5.74) is 6.91. The summed E-state index contributed by atoms with van der Waals surface area (Å²) in [4.78, 5) is 12.1. The normalized spacial score (nSPS) is 14.9. The summed E-state index contributed by atoms with van der Waals surface area (Å²) < 4.78 is 0. The largest absolute Gasteiger partial charge is 0.349 e. The van der Waals surface area contributed by atoms with E-state index in [2.05, 4.69) is 29.6 Å². The third-order valence-electron chi connectivity index (χ3n) is 3.85. The molecule has 114 valence electrons. The maximum absolute atomic E-state index is 12.1. The molecule has 0 heterocycles. The molecule has 0 aliphatic rings. The van der Waals surface area contributed by atoms with Gasteiger partial charge in [0, 0.05) is 12.0 Å². The SMILES string of the molecule is CC(NC(=O)C(C)C(C)N)c1cccc2ccccc12.Cl. The molecule has 3 N–H and O–H groups in total. The molecule has 0 aliphatic carbocycles. The number of nitrogens with two attached hydrogens (primary N) is 1. The van der Waals surface area contributed by atoms with Gasteiger partial charge in [0.05, 0.1) is 6.04 Å². The van der Waals surface area contributed by atoms with Crippen molar-refractivity contribution < 1.29 is 4.79 Å². The van der Waals surface area contributed by atoms with Crippen molar-refractivity contribution in [1.29, 1.82) is 0 Å². The van der Waals surface area contributed by atoms with Crippen LogP contribution >= 0.6 is 12.4 Å². The van der Waals surface area contributed by atoms with Crippen molar-refractivity contribution >= 4 is 29.1 Å². The van der Waals surface area contributed by atoms with Crippen molar-refractivity contribution in [3.63, 3.8) is 0 Å². The predicted octanol–water partition coefficient (Wildman–Crippen LogP) is 3.42. The molecule has 3 nitrogen and oxygen atoms in total. The molecule has 0 fully saturated rings. The van der Waals surface area contributed by atoms with Crippen LogP contribution in [0.1, 0.15) is 32.4 Å². The first-order valence-electron chi connectivity index (χ1n) is 7.04. The molecule has 0 bridgehead atoms. The minimum absolute atomic E-state index is 0. The van der Waals surface area contributed by atoms with Gasteiger partial charge in [0.15, 0.2) is 0 Å². The van der Waals surface area contributed by atoms with Crippen molar-refractivity contribution in [2.24, 2.45) is 11.7 Å². The highest BCUT2D eigenvalue weighted by molar-refractivity contribution is 5.87. The molecule has 2 rings (SSSR count). The molecule has 0 aliphatic heterocycles. The second-order valence-electron chi connectivity index (χ2n) is 5.45. The van der Waals surface area contributed by atoms with Crippen molar-refractivity contribution in [3.8, 4) is 0 Å². The Morgan fingerprint density at radius 2 is 1.67 bits per heavy atom. The van der Waals surface area contributed by atoms with E-state index in [4.69, 9.17) is 5.73 Å². The van der Waals surface area contributed by atoms with Gasteiger partial charge in [-0.1, -0.05) is 49.4 Å². The molecular formula is C17H23ClN2O. The third-order valence-corrected chi connectivity index (χ3v) is 3.85. The molecule has 0 saturated heterocycles. The zero-order valence-corrected chi connectivity index (χ0v) is 13.5. The molecule has 1 amide bonds. The van der Waals surface area contributed by atoms with Gasteiger partial charge in [-0.2, -0.15) is 0 Å². The van der Waals surface area contributed by atoms with E-state index < -0.39 is 0 Å². The number of carbonyl (C=O) groups excluding carboxylic acids is 1. The zero-order valence-electron chi connectivity index (χ0n) is 12.7. The first-order chi connectivity index (χ1) is 9.50. The van der Waals surface area contributed by atoms with E-state index in [1.807, 2.05) is 39.0 Å². The van der Waals surface area contributed by atoms with Crippen LogP contribution in [-0.4, -0.2) is 11.9 Å². The molecular weight excluding hydrogens is 284 g/mol. The number of amides is 1. The van der Waals surface area contributed by atoms with Gasteiger partial charge in [-0.15, -0.1) is 12.4 Å². The van der Waals surface area contributed by atoms with Gasteiger partial charge in [-0.25, -0.2) is 0 Å². The van der Waals surface area contributed by atoms with Gasteiger partial charge < -0.3 is 11.1 Å². The number of benzene rings is 2. The maximum atomic E-state index is 12.1. The Kier molecular flexibility index (Phi) is 6.19. The summed E-state index contributed by atoms with van der Waals surface area (Å²) in [6.07, 6.45) is 0. The Hall–Kier alpha value is -1.58. The summed E-state index contributed by atoms with van der Waals surface area (Å²) >= 11 is 0. The van der Waals surface area contributed by atoms with Crippen molar-refractivity contribution in [2.45, 2.75) is 32.9 Å². The molecule has 2 aromatic carbocycles. The summed E-state index contributed by atoms with van der Waals surface area (Å²) in [5, 5.41) is 5.41. The molecule has 0 aromatic heterocycles. The molecule has 0 saturated carbocycles. The second kappa shape index (κ2) is 7.43. The van der Waals surface area contributed by atoms with E-state index in [1.54, 1.807) is 0 Å². The number of halogens is 1. The smallest absolute Gasteiger partial charge is 0.224 e. The molecule has 2 aromatic rings. The van der Waals surface area contributed by atoms with Crippen LogP contribution in [0.3, 0.4) is 0 Å². The van der Waals surface area contributed by atoms with Crippen LogP contribution in [0, 0.1) is 5.92 Å². The maximum Gasteiger partial charge on any atom is 0.224 e. The average Bonchev–Trinajstić information content (AvgIpc) is 2.45. The first-order valence-corrected chi connectivity index (χ1v) is 7.04. The zero-order chi connectivity index (χ0) is 14.7.